The van der Waals surface area contributed by atoms with Crippen molar-refractivity contribution >= 4 is 5.96 Å². The van der Waals surface area contributed by atoms with Gasteiger partial charge in [0, 0.05) is 31.7 Å². The fourth-order valence-corrected chi connectivity index (χ4v) is 3.48. The molecular weight excluding hydrogens is 300 g/mol. The van der Waals surface area contributed by atoms with E-state index in [1.54, 1.807) is 0 Å². The van der Waals surface area contributed by atoms with E-state index in [1.807, 2.05) is 37.4 Å². The Bertz CT molecular complexity index is 544. The van der Waals surface area contributed by atoms with Crippen molar-refractivity contribution in [2.24, 2.45) is 4.99 Å². The molecule has 1 aromatic carbocycles. The third kappa shape index (κ3) is 4.63. The smallest absolute Gasteiger partial charge is 0.191 e. The van der Waals surface area contributed by atoms with Crippen molar-refractivity contribution < 1.29 is 4.74 Å². The molecule has 0 amide bonds. The molecule has 1 saturated heterocycles. The third-order valence-corrected chi connectivity index (χ3v) is 4.84. The number of likely N-dealkylation sites (tertiary alicyclic amines) is 1. The minimum absolute atomic E-state index is 0.0800. The number of nitrogens with one attached hydrogen (secondary N) is 2. The number of rotatable bonds is 6. The molecule has 1 aromatic rings. The van der Waals surface area contributed by atoms with Gasteiger partial charge >= 0.3 is 0 Å². The van der Waals surface area contributed by atoms with Gasteiger partial charge in [0.15, 0.2) is 5.96 Å². The first-order valence-electron chi connectivity index (χ1n) is 9.10. The largest absolute Gasteiger partial charge is 0.489 e. The molecule has 24 heavy (non-hydrogen) atoms. The molecule has 3 rings (SSSR count). The number of hydrogen-bond donors (Lipinski definition) is 2. The standard InChI is InChI=1S/C19H30N4O/c1-14-11-16(13-23(14)17-9-10-17)22-19(20-3)21-12-15(2)24-18-7-5-4-6-8-18/h4-8,14-17H,9-13H2,1-3H3,(H2,20,21,22). The summed E-state index contributed by atoms with van der Waals surface area (Å²) in [6.45, 7) is 6.26. The average molecular weight is 330 g/mol. The lowest BCUT2D eigenvalue weighted by molar-refractivity contribution is 0.223. The first-order chi connectivity index (χ1) is 11.7. The van der Waals surface area contributed by atoms with Crippen molar-refractivity contribution in [3.8, 4) is 5.75 Å². The van der Waals surface area contributed by atoms with Gasteiger partial charge < -0.3 is 15.4 Å². The number of nitrogens with zero attached hydrogens (tertiary/aromatic N) is 2. The van der Waals surface area contributed by atoms with Crippen LogP contribution in [0.25, 0.3) is 0 Å². The first-order valence-corrected chi connectivity index (χ1v) is 9.10. The van der Waals surface area contributed by atoms with Crippen LogP contribution in [0.15, 0.2) is 35.3 Å². The second-order valence-corrected chi connectivity index (χ2v) is 7.05. The van der Waals surface area contributed by atoms with E-state index in [0.29, 0.717) is 12.1 Å². The molecule has 132 valence electrons. The second-order valence-electron chi connectivity index (χ2n) is 7.05. The highest BCUT2D eigenvalue weighted by Gasteiger charge is 2.38. The van der Waals surface area contributed by atoms with E-state index in [1.165, 1.54) is 19.3 Å². The van der Waals surface area contributed by atoms with Crippen LogP contribution >= 0.6 is 0 Å². The Morgan fingerprint density at radius 2 is 2.08 bits per heavy atom. The topological polar surface area (TPSA) is 48.9 Å². The van der Waals surface area contributed by atoms with E-state index in [-0.39, 0.29) is 6.10 Å². The van der Waals surface area contributed by atoms with Gasteiger partial charge in [0.2, 0.25) is 0 Å². The van der Waals surface area contributed by atoms with Crippen molar-refractivity contribution in [1.82, 2.24) is 15.5 Å². The predicted octanol–water partition coefficient (Wildman–Crippen LogP) is 2.24. The third-order valence-electron chi connectivity index (χ3n) is 4.84. The molecule has 3 atom stereocenters. The summed E-state index contributed by atoms with van der Waals surface area (Å²) in [4.78, 5) is 7.01. The van der Waals surface area contributed by atoms with Gasteiger partial charge in [-0.05, 0) is 45.2 Å². The van der Waals surface area contributed by atoms with Gasteiger partial charge in [0.1, 0.15) is 11.9 Å². The highest BCUT2D eigenvalue weighted by atomic mass is 16.5. The maximum atomic E-state index is 5.90. The number of ether oxygens (including phenoxy) is 1. The fraction of sp³-hybridized carbons (Fsp3) is 0.632. The molecule has 0 aromatic heterocycles. The SMILES string of the molecule is CN=C(NCC(C)Oc1ccccc1)NC1CC(C)N(C2CC2)C1. The summed E-state index contributed by atoms with van der Waals surface area (Å²) in [5.41, 5.74) is 0. The van der Waals surface area contributed by atoms with Crippen LogP contribution in [-0.2, 0) is 0 Å². The predicted molar refractivity (Wildman–Crippen MR) is 98.6 cm³/mol. The minimum atomic E-state index is 0.0800. The number of hydrogen-bond acceptors (Lipinski definition) is 3. The number of aliphatic imine (C=N–C) groups is 1. The number of para-hydroxylation sites is 1. The zero-order valence-corrected chi connectivity index (χ0v) is 15.0. The Hall–Kier alpha value is -1.75. The molecule has 1 aliphatic heterocycles. The quantitative estimate of drug-likeness (QED) is 0.620. The summed E-state index contributed by atoms with van der Waals surface area (Å²) in [5.74, 6) is 1.77. The van der Waals surface area contributed by atoms with Crippen LogP contribution in [0.2, 0.25) is 0 Å². The lowest BCUT2D eigenvalue weighted by Crippen LogP contribution is -2.47. The van der Waals surface area contributed by atoms with Crippen LogP contribution in [0.4, 0.5) is 0 Å². The summed E-state index contributed by atoms with van der Waals surface area (Å²) < 4.78 is 5.90. The molecule has 2 N–H and O–H groups in total. The van der Waals surface area contributed by atoms with Crippen LogP contribution in [0, 0.1) is 0 Å². The summed E-state index contributed by atoms with van der Waals surface area (Å²) in [5, 5.41) is 6.96. The van der Waals surface area contributed by atoms with Gasteiger partial charge in [-0.3, -0.25) is 9.89 Å². The van der Waals surface area contributed by atoms with E-state index in [4.69, 9.17) is 4.74 Å². The normalized spacial score (nSPS) is 26.2. The molecular formula is C19H30N4O. The van der Waals surface area contributed by atoms with E-state index in [2.05, 4.69) is 34.4 Å². The van der Waals surface area contributed by atoms with Crippen molar-refractivity contribution in [3.63, 3.8) is 0 Å². The molecule has 3 unspecified atom stereocenters. The highest BCUT2D eigenvalue weighted by molar-refractivity contribution is 5.80. The maximum Gasteiger partial charge on any atom is 0.191 e. The van der Waals surface area contributed by atoms with Gasteiger partial charge in [-0.25, -0.2) is 0 Å². The van der Waals surface area contributed by atoms with Gasteiger partial charge in [-0.1, -0.05) is 18.2 Å². The van der Waals surface area contributed by atoms with Gasteiger partial charge in [-0.15, -0.1) is 0 Å². The summed E-state index contributed by atoms with van der Waals surface area (Å²) in [6, 6.07) is 11.9. The summed E-state index contributed by atoms with van der Waals surface area (Å²) in [6.07, 6.45) is 4.01. The molecule has 0 radical (unpaired) electrons. The molecule has 0 spiro atoms. The number of guanidine groups is 1. The van der Waals surface area contributed by atoms with Crippen molar-refractivity contribution in [2.45, 2.75) is 57.3 Å². The summed E-state index contributed by atoms with van der Waals surface area (Å²) in [7, 11) is 1.83. The molecule has 5 heteroatoms. The van der Waals surface area contributed by atoms with Crippen molar-refractivity contribution in [3.05, 3.63) is 30.3 Å². The summed E-state index contributed by atoms with van der Waals surface area (Å²) >= 11 is 0. The van der Waals surface area contributed by atoms with E-state index >= 15 is 0 Å². The molecule has 0 bridgehead atoms. The van der Waals surface area contributed by atoms with Crippen LogP contribution < -0.4 is 15.4 Å². The lowest BCUT2D eigenvalue weighted by Gasteiger charge is -2.21. The van der Waals surface area contributed by atoms with Crippen LogP contribution in [-0.4, -0.2) is 55.2 Å². The molecule has 1 saturated carbocycles. The molecule has 2 fully saturated rings. The molecule has 5 nitrogen and oxygen atoms in total. The Morgan fingerprint density at radius 1 is 1.33 bits per heavy atom. The fourth-order valence-electron chi connectivity index (χ4n) is 3.48. The van der Waals surface area contributed by atoms with Crippen molar-refractivity contribution in [1.29, 1.82) is 0 Å². The Labute approximate surface area is 145 Å². The van der Waals surface area contributed by atoms with Crippen LogP contribution in [0.3, 0.4) is 0 Å². The molecule has 2 aliphatic rings. The Kier molecular flexibility index (Phi) is 5.61. The van der Waals surface area contributed by atoms with E-state index in [0.717, 1.165) is 30.8 Å². The zero-order valence-electron chi connectivity index (χ0n) is 15.0. The minimum Gasteiger partial charge on any atom is -0.489 e. The monoisotopic (exact) mass is 330 g/mol. The van der Waals surface area contributed by atoms with Gasteiger partial charge in [0.25, 0.3) is 0 Å². The lowest BCUT2D eigenvalue weighted by atomic mass is 10.2. The Morgan fingerprint density at radius 3 is 2.75 bits per heavy atom. The molecule has 1 heterocycles. The first kappa shape index (κ1) is 17.1. The second kappa shape index (κ2) is 7.88. The average Bonchev–Trinajstić information content (AvgIpc) is 3.36. The Balaban J connectivity index is 1.42. The number of benzene rings is 1. The van der Waals surface area contributed by atoms with E-state index < -0.39 is 0 Å². The van der Waals surface area contributed by atoms with E-state index in [9.17, 15) is 0 Å². The zero-order chi connectivity index (χ0) is 16.9. The van der Waals surface area contributed by atoms with Crippen LogP contribution in [0.1, 0.15) is 33.1 Å². The van der Waals surface area contributed by atoms with Gasteiger partial charge in [-0.2, -0.15) is 0 Å². The highest BCUT2D eigenvalue weighted by Crippen LogP contribution is 2.33. The van der Waals surface area contributed by atoms with Crippen LogP contribution in [0.5, 0.6) is 5.75 Å². The van der Waals surface area contributed by atoms with Crippen molar-refractivity contribution in [2.75, 3.05) is 20.1 Å². The maximum absolute atomic E-state index is 5.90. The molecule has 1 aliphatic carbocycles. The van der Waals surface area contributed by atoms with Gasteiger partial charge in [0.05, 0.1) is 6.54 Å².